The smallest absolute Gasteiger partial charge is 0.391 e. The summed E-state index contributed by atoms with van der Waals surface area (Å²) in [5.74, 6) is -2.59. The number of anilines is 2. The molecule has 298 valence electrons. The molecule has 0 spiro atoms. The number of fused-ring (bicyclic) bond motifs is 1. The molecule has 3 aromatic rings. The van der Waals surface area contributed by atoms with Crippen molar-refractivity contribution >= 4 is 62.8 Å². The molecule has 9 N–H and O–H groups in total. The Bertz CT molecular complexity index is 2080. The lowest BCUT2D eigenvalue weighted by Gasteiger charge is -2.51. The van der Waals surface area contributed by atoms with Gasteiger partial charge in [-0.05, 0) is 56.9 Å². The monoisotopic (exact) mass is 809 g/mol. The summed E-state index contributed by atoms with van der Waals surface area (Å²) < 4.78 is 45.3. The van der Waals surface area contributed by atoms with Crippen molar-refractivity contribution in [2.24, 2.45) is 17.9 Å². The second-order valence-electron chi connectivity index (χ2n) is 12.8. The number of carbonyl (C=O) groups excluding carboxylic acids is 2. The zero-order valence-corrected chi connectivity index (χ0v) is 31.4. The summed E-state index contributed by atoms with van der Waals surface area (Å²) in [6.07, 6.45) is 2.31. The van der Waals surface area contributed by atoms with Gasteiger partial charge in [-0.25, -0.2) is 22.8 Å². The minimum atomic E-state index is -5.29. The summed E-state index contributed by atoms with van der Waals surface area (Å²) in [4.78, 5) is 61.2. The number of nitrogen functional groups attached to an aromatic ring is 1. The number of aryl methyl sites for hydroxylation is 2. The van der Waals surface area contributed by atoms with E-state index < -0.39 is 63.3 Å². The van der Waals surface area contributed by atoms with Crippen LogP contribution in [0.15, 0.2) is 41.1 Å². The van der Waals surface area contributed by atoms with Gasteiger partial charge in [-0.1, -0.05) is 16.2 Å². The first-order chi connectivity index (χ1) is 25.7. The van der Waals surface area contributed by atoms with Crippen LogP contribution < -0.4 is 31.4 Å². The highest BCUT2D eigenvalue weighted by Gasteiger charge is 2.57. The van der Waals surface area contributed by atoms with Crippen LogP contribution in [0.5, 0.6) is 5.75 Å². The van der Waals surface area contributed by atoms with Gasteiger partial charge in [0.05, 0.1) is 31.4 Å². The SMILES string of the molecule is C[n+]1cc(-c2ccc3c(c2)CC[C@H](C(C)(O/N=C(\C(=O)N[C@@H]2C(=O)N(OS(=O)(=O)[O-])C2(C)C)c2csc(N)n2)C(=O)O)O3)cnc1NCC(O)CN.O=CO. The predicted molar refractivity (Wildman–Crippen MR) is 190 cm³/mol. The van der Waals surface area contributed by atoms with Crippen molar-refractivity contribution in [2.45, 2.75) is 63.0 Å². The van der Waals surface area contributed by atoms with Crippen LogP contribution in [0.4, 0.5) is 11.1 Å². The molecule has 1 fully saturated rings. The van der Waals surface area contributed by atoms with Gasteiger partial charge in [-0.3, -0.25) is 19.7 Å². The fourth-order valence-corrected chi connectivity index (χ4v) is 6.48. The Labute approximate surface area is 317 Å². The Morgan fingerprint density at radius 3 is 2.60 bits per heavy atom. The predicted octanol–water partition coefficient (Wildman–Crippen LogP) is -1.50. The lowest BCUT2D eigenvalue weighted by atomic mass is 9.84. The van der Waals surface area contributed by atoms with Gasteiger partial charge in [-0.15, -0.1) is 11.3 Å². The fraction of sp³-hybridized carbons (Fsp3) is 0.419. The molecule has 2 aliphatic heterocycles. The van der Waals surface area contributed by atoms with Gasteiger partial charge >= 0.3 is 11.9 Å². The van der Waals surface area contributed by atoms with E-state index >= 15 is 0 Å². The number of oxime groups is 1. The van der Waals surface area contributed by atoms with Crippen LogP contribution in [0.3, 0.4) is 0 Å². The number of carboxylic acid groups (broad SMARTS) is 2. The van der Waals surface area contributed by atoms with Crippen LogP contribution in [0.1, 0.15) is 38.4 Å². The molecule has 4 heterocycles. The first-order valence-corrected chi connectivity index (χ1v) is 18.3. The molecular weight excluding hydrogens is 771 g/mol. The first-order valence-electron chi connectivity index (χ1n) is 16.1. The fourth-order valence-electron chi connectivity index (χ4n) is 5.49. The highest BCUT2D eigenvalue weighted by atomic mass is 32.3. The van der Waals surface area contributed by atoms with Crippen LogP contribution in [0.25, 0.3) is 11.1 Å². The van der Waals surface area contributed by atoms with Crippen LogP contribution in [-0.2, 0) is 52.2 Å². The number of carbonyl (C=O) groups is 4. The number of amides is 2. The maximum Gasteiger partial charge on any atom is 0.391 e. The lowest BCUT2D eigenvalue weighted by Crippen LogP contribution is -2.76. The number of nitrogens with one attached hydrogen (secondary N) is 2. The van der Waals surface area contributed by atoms with E-state index in [1.54, 1.807) is 29.9 Å². The van der Waals surface area contributed by atoms with Gasteiger partial charge in [0.1, 0.15) is 23.7 Å². The third-order valence-electron chi connectivity index (χ3n) is 8.56. The van der Waals surface area contributed by atoms with E-state index in [9.17, 15) is 37.6 Å². The third-order valence-corrected chi connectivity index (χ3v) is 9.57. The molecule has 0 aliphatic carbocycles. The number of carboxylic acids is 1. The topological polar surface area (TPSA) is 335 Å². The summed E-state index contributed by atoms with van der Waals surface area (Å²) in [5, 5.41) is 38.0. The number of aliphatic carboxylic acids is 1. The van der Waals surface area contributed by atoms with Crippen molar-refractivity contribution in [3.63, 3.8) is 0 Å². The second kappa shape index (κ2) is 16.9. The van der Waals surface area contributed by atoms with Crippen LogP contribution in [0, 0.1) is 0 Å². The number of hydrogen-bond donors (Lipinski definition) is 7. The van der Waals surface area contributed by atoms with Gasteiger partial charge in [0.25, 0.3) is 23.9 Å². The molecule has 2 unspecified atom stereocenters. The van der Waals surface area contributed by atoms with Gasteiger partial charge < -0.3 is 46.2 Å². The van der Waals surface area contributed by atoms with Gasteiger partial charge in [0.15, 0.2) is 16.9 Å². The van der Waals surface area contributed by atoms with E-state index in [4.69, 9.17) is 30.9 Å². The van der Waals surface area contributed by atoms with E-state index in [1.165, 1.54) is 26.2 Å². The molecule has 5 rings (SSSR count). The molecular formula is C31H39N9O13S2. The third kappa shape index (κ3) is 9.59. The Balaban J connectivity index is 0.00000217. The second-order valence-corrected chi connectivity index (χ2v) is 14.7. The van der Waals surface area contributed by atoms with Crippen molar-refractivity contribution in [2.75, 3.05) is 24.1 Å². The summed E-state index contributed by atoms with van der Waals surface area (Å²) in [6, 6.07) is 4.02. The molecule has 55 heavy (non-hydrogen) atoms. The van der Waals surface area contributed by atoms with Crippen LogP contribution in [-0.4, -0.2) is 116 Å². The largest absolute Gasteiger partial charge is 0.724 e. The number of ether oxygens (including phenoxy) is 1. The molecule has 2 amide bonds. The molecule has 4 atom stereocenters. The maximum atomic E-state index is 13.5. The summed E-state index contributed by atoms with van der Waals surface area (Å²) >= 11 is 0.952. The number of thiazole rings is 1. The minimum absolute atomic E-state index is 0.0443. The Kier molecular flexibility index (Phi) is 12.9. The zero-order valence-electron chi connectivity index (χ0n) is 29.7. The lowest BCUT2D eigenvalue weighted by molar-refractivity contribution is -0.659. The van der Waals surface area contributed by atoms with Gasteiger partial charge in [0.2, 0.25) is 10.4 Å². The zero-order chi connectivity index (χ0) is 40.9. The van der Waals surface area contributed by atoms with Crippen LogP contribution >= 0.6 is 11.3 Å². The number of aromatic nitrogens is 3. The normalized spacial score (nSPS) is 19.2. The Morgan fingerprint density at radius 1 is 1.35 bits per heavy atom. The first kappa shape index (κ1) is 42.2. The molecule has 1 aromatic carbocycles. The molecule has 22 nitrogen and oxygen atoms in total. The Morgan fingerprint density at radius 2 is 2.04 bits per heavy atom. The summed E-state index contributed by atoms with van der Waals surface area (Å²) in [5.41, 5.74) is 9.38. The van der Waals surface area contributed by atoms with Crippen molar-refractivity contribution < 1.29 is 65.9 Å². The van der Waals surface area contributed by atoms with Crippen molar-refractivity contribution in [1.29, 1.82) is 0 Å². The highest BCUT2D eigenvalue weighted by molar-refractivity contribution is 7.80. The standard InChI is InChI=1S/C30H37N9O11S2.CH2O2/c1-29(2)23(25(42)39(29)50-52(45,46)47)36-24(41)22(19-14-51-27(32)35-19)37-49-30(3,26(43)44)21-8-6-16-9-15(5-7-20(16)48-21)17-11-33-28(38(4)13-17)34-12-18(40)10-31;2-1-3/h5,7,9,11,13-14,18,21,23,40H,6,8,10,12,31H2,1-4H3,(H5,32,35,36,41,43,44,45,46,47);1H,(H,2,3)/b37-22-;/t18?,21-,23-,30?;/m1./s1. The molecule has 0 radical (unpaired) electrons. The van der Waals surface area contributed by atoms with E-state index in [1.807, 2.05) is 12.3 Å². The number of nitrogens with zero attached hydrogens (tertiary/aromatic N) is 5. The molecule has 2 aliphatic rings. The number of hydrogen-bond acceptors (Lipinski definition) is 18. The minimum Gasteiger partial charge on any atom is -0.724 e. The number of benzene rings is 1. The number of aliphatic hydroxyl groups excluding tert-OH is 1. The number of hydroxylamine groups is 2. The number of β-lactam (4-membered cyclic amide) rings is 1. The average molecular weight is 810 g/mol. The number of nitrogens with two attached hydrogens (primary N) is 2. The summed E-state index contributed by atoms with van der Waals surface area (Å²) in [7, 11) is -3.49. The van der Waals surface area contributed by atoms with Gasteiger partial charge in [0, 0.05) is 17.5 Å². The number of rotatable bonds is 14. The van der Waals surface area contributed by atoms with Crippen LogP contribution in [0.2, 0.25) is 0 Å². The van der Waals surface area contributed by atoms with E-state index in [2.05, 4.69) is 30.0 Å². The quantitative estimate of drug-likeness (QED) is 0.0185. The molecule has 0 saturated carbocycles. The van der Waals surface area contributed by atoms with Crippen molar-refractivity contribution in [3.8, 4) is 16.9 Å². The van der Waals surface area contributed by atoms with Gasteiger partial charge in [-0.2, -0.15) is 9.35 Å². The number of aliphatic hydroxyl groups is 1. The Hall–Kier alpha value is -5.53. The maximum absolute atomic E-state index is 13.5. The van der Waals surface area contributed by atoms with E-state index in [0.717, 1.165) is 28.0 Å². The summed E-state index contributed by atoms with van der Waals surface area (Å²) in [6.45, 7) is 4.01. The van der Waals surface area contributed by atoms with Crippen molar-refractivity contribution in [1.82, 2.24) is 20.3 Å². The molecule has 2 aromatic heterocycles. The average Bonchev–Trinajstić information content (AvgIpc) is 3.56. The van der Waals surface area contributed by atoms with E-state index in [0.29, 0.717) is 23.2 Å². The molecule has 24 heteroatoms. The van der Waals surface area contributed by atoms with E-state index in [-0.39, 0.29) is 36.8 Å². The molecule has 0 bridgehead atoms. The van der Waals surface area contributed by atoms with Crippen molar-refractivity contribution in [3.05, 3.63) is 47.2 Å². The highest BCUT2D eigenvalue weighted by Crippen LogP contribution is 2.37. The molecule has 1 saturated heterocycles.